The fourth-order valence-corrected chi connectivity index (χ4v) is 2.69. The predicted octanol–water partition coefficient (Wildman–Crippen LogP) is 1.79. The number of carbonyl (C=O) groups excluding carboxylic acids is 1. The third-order valence-electron chi connectivity index (χ3n) is 3.67. The number of aromatic nitrogens is 2. The summed E-state index contributed by atoms with van der Waals surface area (Å²) in [5.74, 6) is -0.397. The summed E-state index contributed by atoms with van der Waals surface area (Å²) in [4.78, 5) is 33.9. The van der Waals surface area contributed by atoms with E-state index in [0.717, 1.165) is 4.90 Å². The highest BCUT2D eigenvalue weighted by Gasteiger charge is 2.32. The minimum absolute atomic E-state index is 0.0312. The van der Waals surface area contributed by atoms with Crippen LogP contribution < -0.4 is 5.32 Å². The average molecular weight is 342 g/mol. The molecule has 3 N–H and O–H groups in total. The number of aromatic amines is 1. The van der Waals surface area contributed by atoms with E-state index in [9.17, 15) is 9.59 Å². The van der Waals surface area contributed by atoms with E-state index in [4.69, 9.17) is 22.2 Å². The van der Waals surface area contributed by atoms with E-state index < -0.39 is 24.1 Å². The Labute approximate surface area is 136 Å². The molecule has 2 amide bonds. The van der Waals surface area contributed by atoms with Crippen molar-refractivity contribution in [2.45, 2.75) is 31.8 Å². The number of H-pyrrole nitrogens is 1. The standard InChI is InChI=1S/C12H16ClN7O3/c1-2-6-9(13)17-10(15-6)11(21)16-7-3-4-20(12(22)23)5-8(7)18-19-14/h7-8H,2-5H2,1H3,(H,15,17)(H,16,21)(H,22,23). The summed E-state index contributed by atoms with van der Waals surface area (Å²) in [7, 11) is 0. The number of azide groups is 1. The fraction of sp³-hybridized carbons (Fsp3) is 0.583. The van der Waals surface area contributed by atoms with Crippen molar-refractivity contribution in [2.24, 2.45) is 5.11 Å². The van der Waals surface area contributed by atoms with E-state index >= 15 is 0 Å². The number of nitrogens with one attached hydrogen (secondary N) is 2. The van der Waals surface area contributed by atoms with Gasteiger partial charge in [0.1, 0.15) is 0 Å². The first-order chi connectivity index (χ1) is 11.0. The summed E-state index contributed by atoms with van der Waals surface area (Å²) in [5, 5.41) is 15.6. The maximum Gasteiger partial charge on any atom is 0.407 e. The number of carbonyl (C=O) groups is 2. The van der Waals surface area contributed by atoms with Gasteiger partial charge in [-0.3, -0.25) is 4.79 Å². The molecular formula is C12H16ClN7O3. The number of imidazole rings is 1. The molecule has 0 bridgehead atoms. The number of piperidine rings is 1. The maximum atomic E-state index is 12.2. The molecule has 23 heavy (non-hydrogen) atoms. The number of hydrogen-bond donors (Lipinski definition) is 3. The van der Waals surface area contributed by atoms with Gasteiger partial charge < -0.3 is 20.3 Å². The summed E-state index contributed by atoms with van der Waals surface area (Å²) in [6.07, 6.45) is -0.132. The van der Waals surface area contributed by atoms with E-state index in [2.05, 4.69) is 25.3 Å². The lowest BCUT2D eigenvalue weighted by Gasteiger charge is -2.35. The number of rotatable bonds is 4. The highest BCUT2D eigenvalue weighted by Crippen LogP contribution is 2.17. The van der Waals surface area contributed by atoms with Gasteiger partial charge in [0.2, 0.25) is 0 Å². The molecule has 11 heteroatoms. The van der Waals surface area contributed by atoms with Gasteiger partial charge in [-0.15, -0.1) is 0 Å². The molecule has 124 valence electrons. The van der Waals surface area contributed by atoms with Crippen molar-refractivity contribution in [3.8, 4) is 0 Å². The Kier molecular flexibility index (Phi) is 5.30. The Bertz CT molecular complexity index is 655. The van der Waals surface area contributed by atoms with Crippen LogP contribution in [-0.4, -0.2) is 57.1 Å². The Morgan fingerprint density at radius 3 is 2.96 bits per heavy atom. The van der Waals surface area contributed by atoms with Crippen molar-refractivity contribution in [2.75, 3.05) is 13.1 Å². The molecule has 0 radical (unpaired) electrons. The molecule has 1 aromatic rings. The van der Waals surface area contributed by atoms with Crippen molar-refractivity contribution in [1.29, 1.82) is 0 Å². The minimum atomic E-state index is -1.08. The summed E-state index contributed by atoms with van der Waals surface area (Å²) < 4.78 is 0. The number of hydrogen-bond acceptors (Lipinski definition) is 4. The van der Waals surface area contributed by atoms with Crippen LogP contribution in [0.25, 0.3) is 10.4 Å². The fourth-order valence-electron chi connectivity index (χ4n) is 2.42. The first-order valence-corrected chi connectivity index (χ1v) is 7.41. The minimum Gasteiger partial charge on any atom is -0.465 e. The largest absolute Gasteiger partial charge is 0.465 e. The molecule has 1 fully saturated rings. The van der Waals surface area contributed by atoms with Crippen LogP contribution in [0.5, 0.6) is 0 Å². The zero-order valence-corrected chi connectivity index (χ0v) is 13.1. The zero-order valence-electron chi connectivity index (χ0n) is 12.4. The average Bonchev–Trinajstić information content (AvgIpc) is 2.90. The Balaban J connectivity index is 2.09. The van der Waals surface area contributed by atoms with Crippen LogP contribution in [0.3, 0.4) is 0 Å². The summed E-state index contributed by atoms with van der Waals surface area (Å²) in [6, 6.07) is -1.15. The van der Waals surface area contributed by atoms with Crippen molar-refractivity contribution >= 4 is 23.6 Å². The molecule has 1 aliphatic heterocycles. The van der Waals surface area contributed by atoms with E-state index in [1.807, 2.05) is 6.92 Å². The second-order valence-electron chi connectivity index (χ2n) is 5.08. The zero-order chi connectivity index (χ0) is 17.0. The van der Waals surface area contributed by atoms with Crippen molar-refractivity contribution in [1.82, 2.24) is 20.2 Å². The number of amides is 2. The van der Waals surface area contributed by atoms with Crippen LogP contribution in [0.15, 0.2) is 5.11 Å². The maximum absolute atomic E-state index is 12.2. The highest BCUT2D eigenvalue weighted by atomic mass is 35.5. The molecule has 2 rings (SSSR count). The van der Waals surface area contributed by atoms with Crippen molar-refractivity contribution in [3.05, 3.63) is 27.1 Å². The van der Waals surface area contributed by atoms with Gasteiger partial charge in [-0.1, -0.05) is 23.6 Å². The molecule has 1 aliphatic rings. The van der Waals surface area contributed by atoms with E-state index in [-0.39, 0.29) is 24.1 Å². The Hall–Kier alpha value is -2.45. The lowest BCUT2D eigenvalue weighted by Crippen LogP contribution is -2.54. The third-order valence-corrected chi connectivity index (χ3v) is 3.98. The summed E-state index contributed by atoms with van der Waals surface area (Å²) in [5.41, 5.74) is 9.28. The molecule has 2 heterocycles. The predicted molar refractivity (Wildman–Crippen MR) is 81.4 cm³/mol. The second-order valence-corrected chi connectivity index (χ2v) is 5.44. The number of nitrogens with zero attached hydrogens (tertiary/aromatic N) is 5. The van der Waals surface area contributed by atoms with Gasteiger partial charge in [0.25, 0.3) is 5.91 Å². The number of carboxylic acid groups (broad SMARTS) is 1. The molecule has 0 aliphatic carbocycles. The highest BCUT2D eigenvalue weighted by molar-refractivity contribution is 6.30. The lowest BCUT2D eigenvalue weighted by molar-refractivity contribution is 0.0881. The Morgan fingerprint density at radius 1 is 1.65 bits per heavy atom. The quantitative estimate of drug-likeness (QED) is 0.435. The van der Waals surface area contributed by atoms with Gasteiger partial charge in [-0.25, -0.2) is 9.78 Å². The first-order valence-electron chi connectivity index (χ1n) is 7.03. The van der Waals surface area contributed by atoms with E-state index in [1.165, 1.54) is 0 Å². The molecular weight excluding hydrogens is 326 g/mol. The molecule has 10 nitrogen and oxygen atoms in total. The van der Waals surface area contributed by atoms with Crippen LogP contribution >= 0.6 is 11.6 Å². The van der Waals surface area contributed by atoms with Crippen molar-refractivity contribution < 1.29 is 14.7 Å². The van der Waals surface area contributed by atoms with Crippen LogP contribution in [-0.2, 0) is 6.42 Å². The number of aryl methyl sites for hydroxylation is 1. The van der Waals surface area contributed by atoms with Crippen LogP contribution in [0, 0.1) is 0 Å². The molecule has 0 saturated carbocycles. The Morgan fingerprint density at radius 2 is 2.39 bits per heavy atom. The van der Waals surface area contributed by atoms with Gasteiger partial charge in [0, 0.05) is 24.0 Å². The monoisotopic (exact) mass is 341 g/mol. The lowest BCUT2D eigenvalue weighted by atomic mass is 10.00. The third kappa shape index (κ3) is 3.85. The smallest absolute Gasteiger partial charge is 0.407 e. The first kappa shape index (κ1) is 16.9. The van der Waals surface area contributed by atoms with Gasteiger partial charge in [-0.2, -0.15) is 0 Å². The second kappa shape index (κ2) is 7.21. The van der Waals surface area contributed by atoms with E-state index in [0.29, 0.717) is 18.5 Å². The summed E-state index contributed by atoms with van der Waals surface area (Å²) >= 11 is 5.90. The topological polar surface area (TPSA) is 147 Å². The van der Waals surface area contributed by atoms with Crippen LogP contribution in [0.1, 0.15) is 29.7 Å². The normalized spacial score (nSPS) is 20.7. The SMILES string of the molecule is CCc1[nH]c(C(=O)NC2CCN(C(=O)O)CC2N=[N+]=[N-])nc1Cl. The van der Waals surface area contributed by atoms with Gasteiger partial charge in [-0.05, 0) is 18.4 Å². The molecule has 2 unspecified atom stereocenters. The molecule has 1 aromatic heterocycles. The molecule has 0 spiro atoms. The van der Waals surface area contributed by atoms with Gasteiger partial charge >= 0.3 is 6.09 Å². The molecule has 2 atom stereocenters. The molecule has 1 saturated heterocycles. The van der Waals surface area contributed by atoms with Crippen LogP contribution in [0.2, 0.25) is 5.15 Å². The summed E-state index contributed by atoms with van der Waals surface area (Å²) in [6.45, 7) is 2.15. The number of halogens is 1. The number of likely N-dealkylation sites (tertiary alicyclic amines) is 1. The van der Waals surface area contributed by atoms with Gasteiger partial charge in [0.05, 0.1) is 11.7 Å². The van der Waals surface area contributed by atoms with Crippen LogP contribution in [0.4, 0.5) is 4.79 Å². The van der Waals surface area contributed by atoms with Gasteiger partial charge in [0.15, 0.2) is 11.0 Å². The molecule has 0 aromatic carbocycles. The van der Waals surface area contributed by atoms with E-state index in [1.54, 1.807) is 0 Å². The van der Waals surface area contributed by atoms with Crippen molar-refractivity contribution in [3.63, 3.8) is 0 Å².